The predicted molar refractivity (Wildman–Crippen MR) is 86.0 cm³/mol. The molecule has 0 amide bonds. The Morgan fingerprint density at radius 1 is 1.35 bits per heavy atom. The van der Waals surface area contributed by atoms with Crippen LogP contribution in [0.1, 0.15) is 43.0 Å². The van der Waals surface area contributed by atoms with Gasteiger partial charge in [-0.2, -0.15) is 4.31 Å². The summed E-state index contributed by atoms with van der Waals surface area (Å²) in [6, 6.07) is 5.51. The maximum atomic E-state index is 12.7. The quantitative estimate of drug-likeness (QED) is 0.858. The third kappa shape index (κ3) is 4.53. The van der Waals surface area contributed by atoms with E-state index in [-0.39, 0.29) is 16.6 Å². The molecule has 0 bridgehead atoms. The summed E-state index contributed by atoms with van der Waals surface area (Å²) in [6.45, 7) is 3.57. The summed E-state index contributed by atoms with van der Waals surface area (Å²) >= 11 is 0. The van der Waals surface area contributed by atoms with Crippen LogP contribution in [0.25, 0.3) is 0 Å². The standard InChI is InChI=1S/C16H23NO5S/c1-2-11-22-14-6-4-9-17(10-8-14)23(20,21)15-7-3-5-13(12-15)16(18)19/h3,5,7,12,14H,2,4,6,8-11H2,1H3,(H,18,19). The highest BCUT2D eigenvalue weighted by Crippen LogP contribution is 2.22. The Morgan fingerprint density at radius 2 is 2.13 bits per heavy atom. The average Bonchev–Trinajstić information content (AvgIpc) is 2.79. The first-order valence-corrected chi connectivity index (χ1v) is 9.34. The van der Waals surface area contributed by atoms with Crippen LogP contribution < -0.4 is 0 Å². The van der Waals surface area contributed by atoms with Crippen LogP contribution in [0.5, 0.6) is 0 Å². The predicted octanol–water partition coefficient (Wildman–Crippen LogP) is 2.35. The van der Waals surface area contributed by atoms with Crippen molar-refractivity contribution >= 4 is 16.0 Å². The minimum Gasteiger partial charge on any atom is -0.478 e. The molecule has 1 N–H and O–H groups in total. The van der Waals surface area contributed by atoms with Gasteiger partial charge in [0, 0.05) is 19.7 Å². The first kappa shape index (κ1) is 17.9. The van der Waals surface area contributed by atoms with E-state index in [2.05, 4.69) is 0 Å². The molecule has 0 aliphatic carbocycles. The summed E-state index contributed by atoms with van der Waals surface area (Å²) in [4.78, 5) is 11.1. The van der Waals surface area contributed by atoms with Crippen molar-refractivity contribution in [3.63, 3.8) is 0 Å². The van der Waals surface area contributed by atoms with Crippen LogP contribution in [0.2, 0.25) is 0 Å². The van der Waals surface area contributed by atoms with Crippen LogP contribution in [0.3, 0.4) is 0 Å². The van der Waals surface area contributed by atoms with Gasteiger partial charge in [0.15, 0.2) is 0 Å². The lowest BCUT2D eigenvalue weighted by atomic mass is 10.2. The van der Waals surface area contributed by atoms with E-state index < -0.39 is 16.0 Å². The van der Waals surface area contributed by atoms with Gasteiger partial charge < -0.3 is 9.84 Å². The Bertz CT molecular complexity index is 644. The molecule has 1 aliphatic rings. The molecule has 1 unspecified atom stereocenters. The van der Waals surface area contributed by atoms with Gasteiger partial charge in [-0.1, -0.05) is 13.0 Å². The Balaban J connectivity index is 2.13. The first-order valence-electron chi connectivity index (χ1n) is 7.90. The Morgan fingerprint density at radius 3 is 2.83 bits per heavy atom. The van der Waals surface area contributed by atoms with Gasteiger partial charge in [-0.05, 0) is 43.9 Å². The summed E-state index contributed by atoms with van der Waals surface area (Å²) in [6.07, 6.45) is 3.30. The second-order valence-electron chi connectivity index (χ2n) is 5.66. The molecule has 1 aliphatic heterocycles. The Labute approximate surface area is 137 Å². The SMILES string of the molecule is CCCOC1CCCN(S(=O)(=O)c2cccc(C(=O)O)c2)CC1. The molecule has 2 rings (SSSR count). The van der Waals surface area contributed by atoms with E-state index in [1.165, 1.54) is 28.6 Å². The van der Waals surface area contributed by atoms with Gasteiger partial charge in [-0.25, -0.2) is 13.2 Å². The van der Waals surface area contributed by atoms with Gasteiger partial charge in [-0.3, -0.25) is 0 Å². The summed E-state index contributed by atoms with van der Waals surface area (Å²) in [5, 5.41) is 9.02. The number of carboxylic acid groups (broad SMARTS) is 1. The molecule has 7 heteroatoms. The number of ether oxygens (including phenoxy) is 1. The van der Waals surface area contributed by atoms with Crippen molar-refractivity contribution in [3.8, 4) is 0 Å². The van der Waals surface area contributed by atoms with Crippen molar-refractivity contribution in [3.05, 3.63) is 29.8 Å². The van der Waals surface area contributed by atoms with E-state index in [0.29, 0.717) is 26.1 Å². The van der Waals surface area contributed by atoms with Crippen molar-refractivity contribution in [1.82, 2.24) is 4.31 Å². The summed E-state index contributed by atoms with van der Waals surface area (Å²) in [5.41, 5.74) is -0.0231. The van der Waals surface area contributed by atoms with Gasteiger partial charge in [-0.15, -0.1) is 0 Å². The molecule has 23 heavy (non-hydrogen) atoms. The van der Waals surface area contributed by atoms with Gasteiger partial charge in [0.2, 0.25) is 10.0 Å². The maximum Gasteiger partial charge on any atom is 0.335 e. The molecule has 6 nitrogen and oxygen atoms in total. The number of sulfonamides is 1. The third-order valence-corrected chi connectivity index (χ3v) is 5.81. The van der Waals surface area contributed by atoms with Crippen LogP contribution in [-0.4, -0.2) is 49.6 Å². The monoisotopic (exact) mass is 341 g/mol. The number of aromatic carboxylic acids is 1. The van der Waals surface area contributed by atoms with Crippen molar-refractivity contribution in [2.45, 2.75) is 43.6 Å². The Hall–Kier alpha value is -1.44. The van der Waals surface area contributed by atoms with E-state index in [9.17, 15) is 13.2 Å². The highest BCUT2D eigenvalue weighted by molar-refractivity contribution is 7.89. The number of nitrogens with zero attached hydrogens (tertiary/aromatic N) is 1. The molecule has 0 radical (unpaired) electrons. The highest BCUT2D eigenvalue weighted by Gasteiger charge is 2.28. The minimum atomic E-state index is -3.67. The van der Waals surface area contributed by atoms with Crippen LogP contribution in [0.15, 0.2) is 29.2 Å². The molecule has 1 aromatic carbocycles. The van der Waals surface area contributed by atoms with Gasteiger partial charge in [0.25, 0.3) is 0 Å². The Kier molecular flexibility index (Phi) is 6.15. The number of carboxylic acids is 1. The molecular weight excluding hydrogens is 318 g/mol. The summed E-state index contributed by atoms with van der Waals surface area (Å²) in [7, 11) is -3.67. The van der Waals surface area contributed by atoms with Gasteiger partial charge in [0.05, 0.1) is 16.6 Å². The zero-order chi connectivity index (χ0) is 16.9. The number of benzene rings is 1. The maximum absolute atomic E-state index is 12.7. The molecule has 0 aromatic heterocycles. The molecule has 1 saturated heterocycles. The van der Waals surface area contributed by atoms with Crippen LogP contribution in [-0.2, 0) is 14.8 Å². The third-order valence-electron chi connectivity index (χ3n) is 3.91. The van der Waals surface area contributed by atoms with E-state index in [1.54, 1.807) is 0 Å². The molecular formula is C16H23NO5S. The minimum absolute atomic E-state index is 0.0231. The fourth-order valence-corrected chi connectivity index (χ4v) is 4.21. The van der Waals surface area contributed by atoms with E-state index in [4.69, 9.17) is 9.84 Å². The average molecular weight is 341 g/mol. The molecule has 0 saturated carbocycles. The van der Waals surface area contributed by atoms with Crippen LogP contribution in [0, 0.1) is 0 Å². The molecule has 1 aromatic rings. The number of carbonyl (C=O) groups is 1. The molecule has 128 valence electrons. The topological polar surface area (TPSA) is 83.9 Å². The lowest BCUT2D eigenvalue weighted by Gasteiger charge is -2.20. The normalized spacial score (nSPS) is 20.1. The van der Waals surface area contributed by atoms with Crippen LogP contribution in [0.4, 0.5) is 0 Å². The number of hydrogen-bond acceptors (Lipinski definition) is 4. The van der Waals surface area contributed by atoms with Crippen LogP contribution >= 0.6 is 0 Å². The lowest BCUT2D eigenvalue weighted by Crippen LogP contribution is -2.32. The molecule has 1 fully saturated rings. The summed E-state index contributed by atoms with van der Waals surface area (Å²) < 4.78 is 32.6. The van der Waals surface area contributed by atoms with E-state index >= 15 is 0 Å². The number of rotatable bonds is 6. The lowest BCUT2D eigenvalue weighted by molar-refractivity contribution is 0.0450. The smallest absolute Gasteiger partial charge is 0.335 e. The second kappa shape index (κ2) is 7.90. The number of hydrogen-bond donors (Lipinski definition) is 1. The molecule has 1 atom stereocenters. The molecule has 0 spiro atoms. The fraction of sp³-hybridized carbons (Fsp3) is 0.562. The van der Waals surface area contributed by atoms with Crippen molar-refractivity contribution in [2.75, 3.05) is 19.7 Å². The summed E-state index contributed by atoms with van der Waals surface area (Å²) in [5.74, 6) is -1.13. The van der Waals surface area contributed by atoms with Crippen molar-refractivity contribution in [1.29, 1.82) is 0 Å². The fourth-order valence-electron chi connectivity index (χ4n) is 2.67. The largest absolute Gasteiger partial charge is 0.478 e. The zero-order valence-electron chi connectivity index (χ0n) is 13.3. The molecule has 1 heterocycles. The van der Waals surface area contributed by atoms with Gasteiger partial charge >= 0.3 is 5.97 Å². The zero-order valence-corrected chi connectivity index (χ0v) is 14.1. The first-order chi connectivity index (χ1) is 10.9. The van der Waals surface area contributed by atoms with E-state index in [1.807, 2.05) is 6.92 Å². The van der Waals surface area contributed by atoms with Crippen molar-refractivity contribution in [2.24, 2.45) is 0 Å². The van der Waals surface area contributed by atoms with Crippen molar-refractivity contribution < 1.29 is 23.1 Å². The van der Waals surface area contributed by atoms with E-state index in [0.717, 1.165) is 19.3 Å². The van der Waals surface area contributed by atoms with Gasteiger partial charge in [0.1, 0.15) is 0 Å². The highest BCUT2D eigenvalue weighted by atomic mass is 32.2. The second-order valence-corrected chi connectivity index (χ2v) is 7.60.